The molecule has 4 nitrogen and oxygen atoms in total. The summed E-state index contributed by atoms with van der Waals surface area (Å²) in [6, 6.07) is 17.9. The van der Waals surface area contributed by atoms with Crippen molar-refractivity contribution in [1.82, 2.24) is 5.43 Å². The summed E-state index contributed by atoms with van der Waals surface area (Å²) in [5, 5.41) is 5.04. The maximum atomic E-state index is 12.1. The van der Waals surface area contributed by atoms with E-state index in [4.69, 9.17) is 27.9 Å². The van der Waals surface area contributed by atoms with Crippen molar-refractivity contribution in [1.29, 1.82) is 0 Å². The fourth-order valence-corrected chi connectivity index (χ4v) is 4.20. The number of carbonyl (C=O) groups excluding carboxylic acids is 1. The van der Waals surface area contributed by atoms with E-state index in [9.17, 15) is 4.79 Å². The van der Waals surface area contributed by atoms with Crippen LogP contribution in [0.1, 0.15) is 21.5 Å². The Morgan fingerprint density at radius 1 is 1.03 bits per heavy atom. The monoisotopic (exact) mass is 554 g/mol. The Kier molecular flexibility index (Phi) is 7.72. The molecule has 0 radical (unpaired) electrons. The van der Waals surface area contributed by atoms with Crippen LogP contribution in [0, 0.1) is 0 Å². The van der Waals surface area contributed by atoms with Crippen molar-refractivity contribution in [3.05, 3.63) is 96.3 Å². The zero-order valence-corrected chi connectivity index (χ0v) is 19.5. The Morgan fingerprint density at radius 2 is 1.69 bits per heavy atom. The number of halogens is 4. The van der Waals surface area contributed by atoms with Gasteiger partial charge in [-0.1, -0.05) is 47.5 Å². The van der Waals surface area contributed by atoms with Crippen LogP contribution in [0.25, 0.3) is 0 Å². The second-order valence-corrected chi connectivity index (χ2v) is 8.46. The molecule has 0 spiro atoms. The molecule has 0 aliphatic rings. The minimum absolute atomic E-state index is 0.361. The summed E-state index contributed by atoms with van der Waals surface area (Å²) in [5.41, 5.74) is 4.59. The van der Waals surface area contributed by atoms with Crippen LogP contribution >= 0.6 is 55.1 Å². The van der Waals surface area contributed by atoms with Gasteiger partial charge in [-0.15, -0.1) is 0 Å². The van der Waals surface area contributed by atoms with Gasteiger partial charge in [0.1, 0.15) is 12.4 Å². The van der Waals surface area contributed by atoms with E-state index in [0.717, 1.165) is 20.1 Å². The van der Waals surface area contributed by atoms with E-state index in [1.54, 1.807) is 24.3 Å². The zero-order valence-electron chi connectivity index (χ0n) is 14.8. The third-order valence-corrected chi connectivity index (χ3v) is 5.57. The first-order valence-electron chi connectivity index (χ1n) is 8.38. The molecule has 0 fully saturated rings. The first-order chi connectivity index (χ1) is 13.9. The third-order valence-electron chi connectivity index (χ3n) is 3.82. The van der Waals surface area contributed by atoms with E-state index in [1.165, 1.54) is 6.21 Å². The van der Waals surface area contributed by atoms with Crippen LogP contribution in [-0.2, 0) is 6.61 Å². The highest BCUT2D eigenvalue weighted by Crippen LogP contribution is 2.35. The van der Waals surface area contributed by atoms with E-state index in [0.29, 0.717) is 28.0 Å². The lowest BCUT2D eigenvalue weighted by atomic mass is 10.2. The van der Waals surface area contributed by atoms with Gasteiger partial charge in [-0.25, -0.2) is 5.43 Å². The van der Waals surface area contributed by atoms with Crippen molar-refractivity contribution in [3.8, 4) is 5.75 Å². The highest BCUT2D eigenvalue weighted by Gasteiger charge is 2.10. The lowest BCUT2D eigenvalue weighted by Gasteiger charge is -2.11. The number of rotatable bonds is 6. The van der Waals surface area contributed by atoms with E-state index < -0.39 is 0 Å². The van der Waals surface area contributed by atoms with Gasteiger partial charge in [0.05, 0.1) is 25.7 Å². The topological polar surface area (TPSA) is 50.7 Å². The van der Waals surface area contributed by atoms with Gasteiger partial charge in [0.15, 0.2) is 0 Å². The molecule has 3 aromatic carbocycles. The van der Waals surface area contributed by atoms with Gasteiger partial charge >= 0.3 is 0 Å². The van der Waals surface area contributed by atoms with Crippen molar-refractivity contribution in [2.24, 2.45) is 5.10 Å². The summed E-state index contributed by atoms with van der Waals surface area (Å²) in [7, 11) is 0. The van der Waals surface area contributed by atoms with Gasteiger partial charge < -0.3 is 4.74 Å². The molecule has 0 saturated heterocycles. The van der Waals surface area contributed by atoms with Crippen LogP contribution in [0.4, 0.5) is 0 Å². The Balaban J connectivity index is 1.65. The number of nitrogens with one attached hydrogen (secondary N) is 1. The third kappa shape index (κ3) is 6.06. The highest BCUT2D eigenvalue weighted by atomic mass is 79.9. The molecule has 0 atom stereocenters. The number of ether oxygens (including phenoxy) is 1. The minimum atomic E-state index is -0.382. The second-order valence-electron chi connectivity index (χ2n) is 5.91. The molecular formula is C21H14Br2Cl2N2O2. The molecule has 0 heterocycles. The molecule has 3 aromatic rings. The van der Waals surface area contributed by atoms with Crippen molar-refractivity contribution in [2.75, 3.05) is 0 Å². The fraction of sp³-hybridized carbons (Fsp3) is 0.0476. The summed E-state index contributed by atoms with van der Waals surface area (Å²) < 4.78 is 7.40. The quantitative estimate of drug-likeness (QED) is 0.266. The van der Waals surface area contributed by atoms with Gasteiger partial charge in [-0.3, -0.25) is 4.79 Å². The number of hydrogen-bond donors (Lipinski definition) is 1. The molecule has 0 saturated carbocycles. The van der Waals surface area contributed by atoms with Crippen molar-refractivity contribution in [3.63, 3.8) is 0 Å². The Labute approximate surface area is 195 Å². The lowest BCUT2D eigenvalue weighted by Crippen LogP contribution is -2.17. The number of amides is 1. The van der Waals surface area contributed by atoms with Gasteiger partial charge in [0.25, 0.3) is 5.91 Å². The fourth-order valence-electron chi connectivity index (χ4n) is 2.40. The average Bonchev–Trinajstić information content (AvgIpc) is 2.69. The van der Waals surface area contributed by atoms with Crippen molar-refractivity contribution >= 4 is 67.2 Å². The van der Waals surface area contributed by atoms with Crippen LogP contribution < -0.4 is 10.2 Å². The molecule has 1 amide bonds. The largest absolute Gasteiger partial charge is 0.487 e. The maximum absolute atomic E-state index is 12.1. The molecule has 0 aromatic heterocycles. The maximum Gasteiger partial charge on any atom is 0.272 e. The number of hydrogen-bond acceptors (Lipinski definition) is 3. The van der Waals surface area contributed by atoms with E-state index >= 15 is 0 Å². The van der Waals surface area contributed by atoms with Crippen LogP contribution in [0.15, 0.2) is 74.7 Å². The van der Waals surface area contributed by atoms with Crippen LogP contribution in [0.5, 0.6) is 5.75 Å². The van der Waals surface area contributed by atoms with Gasteiger partial charge in [-0.05, 0) is 79.4 Å². The summed E-state index contributed by atoms with van der Waals surface area (Å²) in [6.07, 6.45) is 1.53. The van der Waals surface area contributed by atoms with Crippen molar-refractivity contribution < 1.29 is 9.53 Å². The summed E-state index contributed by atoms with van der Waals surface area (Å²) in [5.74, 6) is 0.283. The van der Waals surface area contributed by atoms with Crippen LogP contribution in [0.2, 0.25) is 10.0 Å². The summed E-state index contributed by atoms with van der Waals surface area (Å²) in [6.45, 7) is 0.399. The molecule has 8 heteroatoms. The molecule has 0 bridgehead atoms. The first kappa shape index (κ1) is 21.8. The van der Waals surface area contributed by atoms with E-state index in [1.807, 2.05) is 36.4 Å². The molecule has 148 valence electrons. The smallest absolute Gasteiger partial charge is 0.272 e. The SMILES string of the molecule is O=C(N/N=C\c1cc(Br)c(OCc2ccc(Cl)cc2)c(Br)c1)c1ccccc1Cl. The van der Waals surface area contributed by atoms with Gasteiger partial charge in [-0.2, -0.15) is 5.10 Å². The Morgan fingerprint density at radius 3 is 2.34 bits per heavy atom. The lowest BCUT2D eigenvalue weighted by molar-refractivity contribution is 0.0955. The standard InChI is InChI=1S/C21H14Br2Cl2N2O2/c22-17-9-14(11-26-27-21(28)16-3-1-2-4-19(16)25)10-18(23)20(17)29-12-13-5-7-15(24)8-6-13/h1-11H,12H2,(H,27,28)/b26-11-. The highest BCUT2D eigenvalue weighted by molar-refractivity contribution is 9.11. The first-order valence-corrected chi connectivity index (χ1v) is 10.7. The van der Waals surface area contributed by atoms with Crippen molar-refractivity contribution in [2.45, 2.75) is 6.61 Å². The zero-order chi connectivity index (χ0) is 20.8. The molecule has 3 rings (SSSR count). The summed E-state index contributed by atoms with van der Waals surface area (Å²) in [4.78, 5) is 12.1. The molecule has 1 N–H and O–H groups in total. The van der Waals surface area contributed by atoms with Crippen LogP contribution in [-0.4, -0.2) is 12.1 Å². The van der Waals surface area contributed by atoms with Crippen LogP contribution in [0.3, 0.4) is 0 Å². The number of nitrogens with zero attached hydrogens (tertiary/aromatic N) is 1. The summed E-state index contributed by atoms with van der Waals surface area (Å²) >= 11 is 18.9. The Bertz CT molecular complexity index is 1030. The minimum Gasteiger partial charge on any atom is -0.487 e. The predicted octanol–water partition coefficient (Wildman–Crippen LogP) is 6.86. The van der Waals surface area contributed by atoms with E-state index in [-0.39, 0.29) is 5.91 Å². The number of benzene rings is 3. The average molecular weight is 557 g/mol. The van der Waals surface area contributed by atoms with E-state index in [2.05, 4.69) is 42.4 Å². The predicted molar refractivity (Wildman–Crippen MR) is 124 cm³/mol. The molecular weight excluding hydrogens is 543 g/mol. The molecule has 0 unspecified atom stereocenters. The second kappa shape index (κ2) is 10.3. The van der Waals surface area contributed by atoms with Gasteiger partial charge in [0.2, 0.25) is 0 Å². The number of hydrazone groups is 1. The normalized spacial score (nSPS) is 10.9. The van der Waals surface area contributed by atoms with Gasteiger partial charge in [0, 0.05) is 5.02 Å². The number of carbonyl (C=O) groups is 1. The Hall–Kier alpha value is -1.86. The molecule has 29 heavy (non-hydrogen) atoms. The molecule has 0 aliphatic carbocycles. The molecule has 0 aliphatic heterocycles.